The molecule has 3 rings (SSSR count). The molecule has 0 saturated heterocycles. The lowest BCUT2D eigenvalue weighted by molar-refractivity contribution is -0.142. The van der Waals surface area contributed by atoms with Crippen molar-refractivity contribution in [2.45, 2.75) is 25.9 Å². The summed E-state index contributed by atoms with van der Waals surface area (Å²) in [4.78, 5) is 11.0. The molecule has 2 aromatic rings. The predicted octanol–water partition coefficient (Wildman–Crippen LogP) is 0.170. The minimum atomic E-state index is -0.751. The second kappa shape index (κ2) is 4.25. The van der Waals surface area contributed by atoms with Crippen LogP contribution in [-0.4, -0.2) is 35.6 Å². The molecule has 7 nitrogen and oxygen atoms in total. The Morgan fingerprint density at radius 3 is 3.11 bits per heavy atom. The zero-order valence-electron chi connectivity index (χ0n) is 9.73. The highest BCUT2D eigenvalue weighted by molar-refractivity contribution is 5.70. The highest BCUT2D eigenvalue weighted by atomic mass is 16.4. The van der Waals surface area contributed by atoms with Crippen molar-refractivity contribution >= 4 is 5.97 Å². The average molecular weight is 247 g/mol. The van der Waals surface area contributed by atoms with Gasteiger partial charge in [0.2, 0.25) is 0 Å². The maximum Gasteiger partial charge on any atom is 0.308 e. The summed E-state index contributed by atoms with van der Waals surface area (Å²) < 4.78 is 3.66. The Labute approximate surface area is 103 Å². The molecule has 1 aliphatic rings. The van der Waals surface area contributed by atoms with Gasteiger partial charge in [0.25, 0.3) is 0 Å². The van der Waals surface area contributed by atoms with Crippen molar-refractivity contribution < 1.29 is 9.90 Å². The summed E-state index contributed by atoms with van der Waals surface area (Å²) in [6.07, 6.45) is 4.85. The molecule has 94 valence electrons. The number of carboxylic acids is 1. The molecule has 0 bridgehead atoms. The van der Waals surface area contributed by atoms with Crippen LogP contribution in [0.2, 0.25) is 0 Å². The van der Waals surface area contributed by atoms with Crippen LogP contribution in [0.3, 0.4) is 0 Å². The highest BCUT2D eigenvalue weighted by Crippen LogP contribution is 2.20. The molecule has 0 spiro atoms. The number of nitrogens with zero attached hydrogens (tertiary/aromatic N) is 5. The molecule has 0 aromatic carbocycles. The molecule has 0 fully saturated rings. The van der Waals surface area contributed by atoms with Gasteiger partial charge in [0.1, 0.15) is 12.4 Å². The molecule has 7 heteroatoms. The fourth-order valence-electron chi connectivity index (χ4n) is 2.24. The number of rotatable bonds is 3. The lowest BCUT2D eigenvalue weighted by atomic mass is 10.00. The van der Waals surface area contributed by atoms with Crippen molar-refractivity contribution in [3.05, 3.63) is 30.1 Å². The second-order valence-electron chi connectivity index (χ2n) is 4.42. The minimum Gasteiger partial charge on any atom is -0.481 e. The molecule has 1 aliphatic heterocycles. The summed E-state index contributed by atoms with van der Waals surface area (Å²) >= 11 is 0. The van der Waals surface area contributed by atoms with E-state index in [4.69, 9.17) is 5.11 Å². The van der Waals surface area contributed by atoms with Gasteiger partial charge in [0, 0.05) is 25.4 Å². The van der Waals surface area contributed by atoms with Crippen molar-refractivity contribution in [2.75, 3.05) is 0 Å². The molecule has 18 heavy (non-hydrogen) atoms. The van der Waals surface area contributed by atoms with Gasteiger partial charge in [-0.15, -0.1) is 10.2 Å². The SMILES string of the molecule is O=C(O)C1CCc2nnc(Cn3cccn3)n2C1. The van der Waals surface area contributed by atoms with E-state index in [1.54, 1.807) is 10.9 Å². The number of carbonyl (C=O) groups is 1. The van der Waals surface area contributed by atoms with Crippen LogP contribution in [-0.2, 0) is 24.3 Å². The lowest BCUT2D eigenvalue weighted by Crippen LogP contribution is -2.28. The van der Waals surface area contributed by atoms with Crippen molar-refractivity contribution in [1.29, 1.82) is 0 Å². The Morgan fingerprint density at radius 1 is 1.50 bits per heavy atom. The molecule has 1 atom stereocenters. The van der Waals surface area contributed by atoms with E-state index in [1.165, 1.54) is 0 Å². The van der Waals surface area contributed by atoms with Gasteiger partial charge in [-0.1, -0.05) is 0 Å². The molecule has 0 amide bonds. The summed E-state index contributed by atoms with van der Waals surface area (Å²) in [5, 5.41) is 21.4. The van der Waals surface area contributed by atoms with E-state index in [1.807, 2.05) is 16.8 Å². The Bertz CT molecular complexity index is 560. The van der Waals surface area contributed by atoms with Crippen LogP contribution in [0.1, 0.15) is 18.1 Å². The van der Waals surface area contributed by atoms with Gasteiger partial charge in [-0.3, -0.25) is 9.48 Å². The fraction of sp³-hybridized carbons (Fsp3) is 0.455. The number of carboxylic acid groups (broad SMARTS) is 1. The molecule has 0 aliphatic carbocycles. The number of hydrogen-bond donors (Lipinski definition) is 1. The first-order valence-electron chi connectivity index (χ1n) is 5.85. The van der Waals surface area contributed by atoms with E-state index in [0.717, 1.165) is 11.6 Å². The van der Waals surface area contributed by atoms with Gasteiger partial charge in [-0.2, -0.15) is 5.10 Å². The second-order valence-corrected chi connectivity index (χ2v) is 4.42. The minimum absolute atomic E-state index is 0.343. The van der Waals surface area contributed by atoms with E-state index in [-0.39, 0.29) is 5.92 Å². The Balaban J connectivity index is 1.85. The number of fused-ring (bicyclic) bond motifs is 1. The third-order valence-electron chi connectivity index (χ3n) is 3.24. The van der Waals surface area contributed by atoms with Crippen molar-refractivity contribution in [1.82, 2.24) is 24.5 Å². The highest BCUT2D eigenvalue weighted by Gasteiger charge is 2.27. The van der Waals surface area contributed by atoms with E-state index < -0.39 is 5.97 Å². The monoisotopic (exact) mass is 247 g/mol. The molecule has 1 unspecified atom stereocenters. The summed E-state index contributed by atoms with van der Waals surface area (Å²) in [6, 6.07) is 1.84. The molecule has 0 radical (unpaired) electrons. The zero-order chi connectivity index (χ0) is 12.5. The van der Waals surface area contributed by atoms with Gasteiger partial charge >= 0.3 is 5.97 Å². The summed E-state index contributed by atoms with van der Waals surface area (Å²) in [7, 11) is 0. The van der Waals surface area contributed by atoms with Gasteiger partial charge in [0.05, 0.1) is 5.92 Å². The van der Waals surface area contributed by atoms with Gasteiger partial charge < -0.3 is 9.67 Å². The molecular formula is C11H13N5O2. The van der Waals surface area contributed by atoms with Gasteiger partial charge in [-0.25, -0.2) is 0 Å². The molecule has 0 saturated carbocycles. The van der Waals surface area contributed by atoms with Crippen molar-refractivity contribution in [3.63, 3.8) is 0 Å². The first-order chi connectivity index (χ1) is 8.74. The largest absolute Gasteiger partial charge is 0.481 e. The summed E-state index contributed by atoms with van der Waals surface area (Å²) in [5.74, 6) is 0.540. The smallest absolute Gasteiger partial charge is 0.308 e. The van der Waals surface area contributed by atoms with Crippen LogP contribution in [0.4, 0.5) is 0 Å². The number of hydrogen-bond acceptors (Lipinski definition) is 4. The van der Waals surface area contributed by atoms with Gasteiger partial charge in [0.15, 0.2) is 5.82 Å². The first kappa shape index (κ1) is 10.9. The number of aliphatic carboxylic acids is 1. The predicted molar refractivity (Wildman–Crippen MR) is 60.8 cm³/mol. The van der Waals surface area contributed by atoms with Gasteiger partial charge in [-0.05, 0) is 12.5 Å². The van der Waals surface area contributed by atoms with E-state index >= 15 is 0 Å². The topological polar surface area (TPSA) is 85.8 Å². The van der Waals surface area contributed by atoms with Crippen molar-refractivity contribution in [3.8, 4) is 0 Å². The average Bonchev–Trinajstić information content (AvgIpc) is 2.99. The quantitative estimate of drug-likeness (QED) is 0.835. The summed E-state index contributed by atoms with van der Waals surface area (Å²) in [6.45, 7) is 0.973. The van der Waals surface area contributed by atoms with Crippen LogP contribution in [0, 0.1) is 5.92 Å². The lowest BCUT2D eigenvalue weighted by Gasteiger charge is -2.20. The number of aryl methyl sites for hydroxylation is 1. The first-order valence-corrected chi connectivity index (χ1v) is 5.85. The third kappa shape index (κ3) is 1.87. The fourth-order valence-corrected chi connectivity index (χ4v) is 2.24. The molecule has 1 N–H and O–H groups in total. The molecule has 3 heterocycles. The Kier molecular flexibility index (Phi) is 2.58. The van der Waals surface area contributed by atoms with E-state index in [0.29, 0.717) is 25.9 Å². The number of aromatic nitrogens is 5. The van der Waals surface area contributed by atoms with Crippen LogP contribution < -0.4 is 0 Å². The standard InChI is InChI=1S/C11H13N5O2/c17-11(18)8-2-3-9-13-14-10(16(9)6-8)7-15-5-1-4-12-15/h1,4-5,8H,2-3,6-7H2,(H,17,18). The normalized spacial score (nSPS) is 18.6. The van der Waals surface area contributed by atoms with E-state index in [9.17, 15) is 4.79 Å². The maximum absolute atomic E-state index is 11.0. The van der Waals surface area contributed by atoms with Crippen LogP contribution in [0.25, 0.3) is 0 Å². The van der Waals surface area contributed by atoms with E-state index in [2.05, 4.69) is 15.3 Å². The Morgan fingerprint density at radius 2 is 2.39 bits per heavy atom. The van der Waals surface area contributed by atoms with Crippen LogP contribution in [0.15, 0.2) is 18.5 Å². The van der Waals surface area contributed by atoms with Crippen LogP contribution >= 0.6 is 0 Å². The molecular weight excluding hydrogens is 234 g/mol. The third-order valence-corrected chi connectivity index (χ3v) is 3.24. The Hall–Kier alpha value is -2.18. The van der Waals surface area contributed by atoms with Crippen LogP contribution in [0.5, 0.6) is 0 Å². The zero-order valence-corrected chi connectivity index (χ0v) is 9.73. The summed E-state index contributed by atoms with van der Waals surface area (Å²) in [5.41, 5.74) is 0. The van der Waals surface area contributed by atoms with Crippen molar-refractivity contribution in [2.24, 2.45) is 5.92 Å². The molecule has 2 aromatic heterocycles. The maximum atomic E-state index is 11.0.